The standard InChI is InChI=1S/C4H7BrFNO/c5-1-2-7-4(8)3-6/h1-3H2,(H,7,8). The smallest absolute Gasteiger partial charge is 0.251 e. The molecule has 1 amide bonds. The third kappa shape index (κ3) is 4.05. The van der Waals surface area contributed by atoms with E-state index in [-0.39, 0.29) is 0 Å². The molecule has 4 heteroatoms. The zero-order valence-electron chi connectivity index (χ0n) is 4.29. The Kier molecular flexibility index (Phi) is 4.95. The molecular formula is C4H7BrFNO. The zero-order valence-corrected chi connectivity index (χ0v) is 5.87. The van der Waals surface area contributed by atoms with Gasteiger partial charge in [0.25, 0.3) is 5.91 Å². The predicted molar refractivity (Wildman–Crippen MR) is 32.8 cm³/mol. The number of hydrogen-bond donors (Lipinski definition) is 1. The molecule has 0 aromatic carbocycles. The summed E-state index contributed by atoms with van der Waals surface area (Å²) >= 11 is 3.07. The van der Waals surface area contributed by atoms with Crippen molar-refractivity contribution < 1.29 is 9.18 Å². The van der Waals surface area contributed by atoms with Gasteiger partial charge >= 0.3 is 0 Å². The van der Waals surface area contributed by atoms with Gasteiger partial charge in [0.05, 0.1) is 0 Å². The van der Waals surface area contributed by atoms with Gasteiger partial charge in [-0.1, -0.05) is 15.9 Å². The molecule has 0 radical (unpaired) electrons. The molecule has 8 heavy (non-hydrogen) atoms. The van der Waals surface area contributed by atoms with Crippen LogP contribution in [0.3, 0.4) is 0 Å². The fraction of sp³-hybridized carbons (Fsp3) is 0.750. The minimum atomic E-state index is -0.924. The molecular weight excluding hydrogens is 177 g/mol. The molecule has 0 aliphatic heterocycles. The van der Waals surface area contributed by atoms with Crippen molar-refractivity contribution in [2.75, 3.05) is 18.5 Å². The number of carbonyl (C=O) groups is 1. The van der Waals surface area contributed by atoms with E-state index < -0.39 is 12.6 Å². The molecule has 0 aliphatic carbocycles. The Morgan fingerprint density at radius 1 is 1.75 bits per heavy atom. The molecule has 0 saturated carbocycles. The zero-order chi connectivity index (χ0) is 6.41. The topological polar surface area (TPSA) is 29.1 Å². The fourth-order valence-electron chi connectivity index (χ4n) is 0.234. The van der Waals surface area contributed by atoms with Crippen LogP contribution in [0.2, 0.25) is 0 Å². The lowest BCUT2D eigenvalue weighted by molar-refractivity contribution is -0.121. The summed E-state index contributed by atoms with van der Waals surface area (Å²) in [6, 6.07) is 0. The number of amides is 1. The van der Waals surface area contributed by atoms with Crippen LogP contribution in [0.15, 0.2) is 0 Å². The van der Waals surface area contributed by atoms with Crippen LogP contribution in [0.4, 0.5) is 4.39 Å². The van der Waals surface area contributed by atoms with Gasteiger partial charge in [0.15, 0.2) is 6.67 Å². The van der Waals surface area contributed by atoms with E-state index in [1.807, 2.05) is 0 Å². The summed E-state index contributed by atoms with van der Waals surface area (Å²) in [5.74, 6) is -0.551. The lowest BCUT2D eigenvalue weighted by Gasteiger charge is -1.94. The highest BCUT2D eigenvalue weighted by molar-refractivity contribution is 9.09. The average molecular weight is 184 g/mol. The maximum Gasteiger partial charge on any atom is 0.251 e. The van der Waals surface area contributed by atoms with Crippen molar-refractivity contribution in [3.8, 4) is 0 Å². The average Bonchev–Trinajstić information content (AvgIpc) is 1.83. The number of alkyl halides is 2. The maximum absolute atomic E-state index is 11.3. The fourth-order valence-corrected chi connectivity index (χ4v) is 0.432. The maximum atomic E-state index is 11.3. The molecule has 0 fully saturated rings. The highest BCUT2D eigenvalue weighted by atomic mass is 79.9. The van der Waals surface area contributed by atoms with Gasteiger partial charge in [-0.25, -0.2) is 4.39 Å². The van der Waals surface area contributed by atoms with Crippen molar-refractivity contribution in [1.82, 2.24) is 5.32 Å². The lowest BCUT2D eigenvalue weighted by atomic mass is 10.6. The molecule has 0 bridgehead atoms. The van der Waals surface area contributed by atoms with E-state index in [1.54, 1.807) is 0 Å². The summed E-state index contributed by atoms with van der Waals surface area (Å²) < 4.78 is 11.3. The lowest BCUT2D eigenvalue weighted by Crippen LogP contribution is -2.26. The van der Waals surface area contributed by atoms with E-state index in [4.69, 9.17) is 0 Å². The van der Waals surface area contributed by atoms with Gasteiger partial charge in [-0.2, -0.15) is 0 Å². The number of carbonyl (C=O) groups excluding carboxylic acids is 1. The van der Waals surface area contributed by atoms with Crippen molar-refractivity contribution in [2.24, 2.45) is 0 Å². The van der Waals surface area contributed by atoms with Crippen LogP contribution in [-0.4, -0.2) is 24.5 Å². The van der Waals surface area contributed by atoms with Crippen LogP contribution in [-0.2, 0) is 4.79 Å². The minimum absolute atomic E-state index is 0.489. The summed E-state index contributed by atoms with van der Waals surface area (Å²) in [5, 5.41) is 2.99. The second-order valence-electron chi connectivity index (χ2n) is 1.17. The Morgan fingerprint density at radius 2 is 2.38 bits per heavy atom. The van der Waals surface area contributed by atoms with E-state index in [0.29, 0.717) is 11.9 Å². The van der Waals surface area contributed by atoms with Gasteiger partial charge in [-0.15, -0.1) is 0 Å². The minimum Gasteiger partial charge on any atom is -0.353 e. The number of hydrogen-bond acceptors (Lipinski definition) is 1. The summed E-state index contributed by atoms with van der Waals surface area (Å²) in [7, 11) is 0. The van der Waals surface area contributed by atoms with E-state index in [9.17, 15) is 9.18 Å². The van der Waals surface area contributed by atoms with Crippen molar-refractivity contribution in [1.29, 1.82) is 0 Å². The molecule has 0 spiro atoms. The second kappa shape index (κ2) is 5.03. The Bertz CT molecular complexity index is 78.4. The molecule has 0 atom stereocenters. The third-order valence-corrected chi connectivity index (χ3v) is 0.935. The van der Waals surface area contributed by atoms with Gasteiger partial charge in [0.1, 0.15) is 0 Å². The first-order chi connectivity index (χ1) is 3.81. The van der Waals surface area contributed by atoms with Crippen LogP contribution in [0.25, 0.3) is 0 Å². The Balaban J connectivity index is 2.99. The first-order valence-electron chi connectivity index (χ1n) is 2.20. The van der Waals surface area contributed by atoms with Crippen LogP contribution >= 0.6 is 15.9 Å². The molecule has 0 saturated heterocycles. The SMILES string of the molecule is O=C(CF)NCCBr. The van der Waals surface area contributed by atoms with Crippen molar-refractivity contribution in [3.05, 3.63) is 0 Å². The van der Waals surface area contributed by atoms with E-state index in [2.05, 4.69) is 21.2 Å². The number of halogens is 2. The normalized spacial score (nSPS) is 8.75. The van der Waals surface area contributed by atoms with Crippen LogP contribution < -0.4 is 5.32 Å². The van der Waals surface area contributed by atoms with Gasteiger partial charge in [0.2, 0.25) is 0 Å². The van der Waals surface area contributed by atoms with Gasteiger partial charge in [-0.3, -0.25) is 4.79 Å². The van der Waals surface area contributed by atoms with E-state index >= 15 is 0 Å². The van der Waals surface area contributed by atoms with Gasteiger partial charge in [0, 0.05) is 11.9 Å². The van der Waals surface area contributed by atoms with E-state index in [0.717, 1.165) is 0 Å². The molecule has 1 N–H and O–H groups in total. The third-order valence-electron chi connectivity index (χ3n) is 0.538. The molecule has 0 aliphatic rings. The Labute approximate surface area is 55.6 Å². The highest BCUT2D eigenvalue weighted by Gasteiger charge is 1.94. The predicted octanol–water partition coefficient (Wildman–Crippen LogP) is 0.467. The van der Waals surface area contributed by atoms with Gasteiger partial charge < -0.3 is 5.32 Å². The summed E-state index contributed by atoms with van der Waals surface area (Å²) in [6.07, 6.45) is 0. The summed E-state index contributed by atoms with van der Waals surface area (Å²) in [5.41, 5.74) is 0. The first-order valence-corrected chi connectivity index (χ1v) is 3.32. The summed E-state index contributed by atoms with van der Waals surface area (Å²) in [4.78, 5) is 10.1. The van der Waals surface area contributed by atoms with Crippen LogP contribution in [0.1, 0.15) is 0 Å². The molecule has 0 aromatic rings. The summed E-state index contributed by atoms with van der Waals surface area (Å²) in [6.45, 7) is -0.435. The Morgan fingerprint density at radius 3 is 2.75 bits per heavy atom. The highest BCUT2D eigenvalue weighted by Crippen LogP contribution is 1.75. The molecule has 0 unspecified atom stereocenters. The Hall–Kier alpha value is -0.120. The van der Waals surface area contributed by atoms with Crippen molar-refractivity contribution >= 4 is 21.8 Å². The molecule has 0 heterocycles. The van der Waals surface area contributed by atoms with E-state index in [1.165, 1.54) is 0 Å². The molecule has 0 rings (SSSR count). The van der Waals surface area contributed by atoms with Crippen LogP contribution in [0.5, 0.6) is 0 Å². The number of nitrogens with one attached hydrogen (secondary N) is 1. The molecule has 0 aromatic heterocycles. The van der Waals surface area contributed by atoms with Crippen molar-refractivity contribution in [3.63, 3.8) is 0 Å². The monoisotopic (exact) mass is 183 g/mol. The van der Waals surface area contributed by atoms with Crippen LogP contribution in [0, 0.1) is 0 Å². The first kappa shape index (κ1) is 7.88. The largest absolute Gasteiger partial charge is 0.353 e. The molecule has 48 valence electrons. The quantitative estimate of drug-likeness (QED) is 0.634. The molecule has 2 nitrogen and oxygen atoms in total. The van der Waals surface area contributed by atoms with Gasteiger partial charge in [-0.05, 0) is 0 Å². The van der Waals surface area contributed by atoms with Crippen molar-refractivity contribution in [2.45, 2.75) is 0 Å². The second-order valence-corrected chi connectivity index (χ2v) is 1.97. The number of rotatable bonds is 3.